The van der Waals surface area contributed by atoms with Crippen LogP contribution in [-0.2, 0) is 6.54 Å². The molecule has 0 aliphatic carbocycles. The molecule has 0 spiro atoms. The fourth-order valence-corrected chi connectivity index (χ4v) is 3.20. The van der Waals surface area contributed by atoms with Crippen LogP contribution in [0.2, 0.25) is 0 Å². The molecule has 1 aromatic carbocycles. The number of nitrogens with one attached hydrogen (secondary N) is 2. The molecule has 1 aliphatic heterocycles. The maximum Gasteiger partial charge on any atom is 0.293 e. The maximum atomic E-state index is 11.7. The highest BCUT2D eigenvalue weighted by atomic mass is 16.6. The molecule has 9 heteroatoms. The van der Waals surface area contributed by atoms with E-state index in [0.717, 1.165) is 31.9 Å². The molecule has 1 fully saturated rings. The van der Waals surface area contributed by atoms with Crippen molar-refractivity contribution >= 4 is 28.1 Å². The number of anilines is 2. The molecule has 9 nitrogen and oxygen atoms in total. The molecule has 0 amide bonds. The van der Waals surface area contributed by atoms with Crippen molar-refractivity contribution in [1.82, 2.24) is 20.3 Å². The van der Waals surface area contributed by atoms with Gasteiger partial charge in [0, 0.05) is 43.8 Å². The summed E-state index contributed by atoms with van der Waals surface area (Å²) in [5.41, 5.74) is 2.20. The average Bonchev–Trinajstić information content (AvgIpc) is 2.72. The fourth-order valence-electron chi connectivity index (χ4n) is 3.20. The molecule has 4 rings (SSSR count). The zero-order valence-corrected chi connectivity index (χ0v) is 14.6. The Morgan fingerprint density at radius 2 is 2.04 bits per heavy atom. The Hall–Kier alpha value is -3.33. The predicted molar refractivity (Wildman–Crippen MR) is 103 cm³/mol. The number of hydrogen-bond acceptors (Lipinski definition) is 8. The second kappa shape index (κ2) is 7.50. The summed E-state index contributed by atoms with van der Waals surface area (Å²) < 4.78 is 0. The van der Waals surface area contributed by atoms with E-state index < -0.39 is 0 Å². The van der Waals surface area contributed by atoms with Crippen LogP contribution in [0.5, 0.6) is 0 Å². The summed E-state index contributed by atoms with van der Waals surface area (Å²) in [5.74, 6) is 0.556. The molecule has 0 atom stereocenters. The highest BCUT2D eigenvalue weighted by Gasteiger charge is 2.23. The van der Waals surface area contributed by atoms with Crippen molar-refractivity contribution in [3.8, 4) is 0 Å². The van der Waals surface area contributed by atoms with Crippen LogP contribution >= 0.6 is 0 Å². The van der Waals surface area contributed by atoms with Crippen molar-refractivity contribution in [2.45, 2.75) is 6.54 Å². The first-order chi connectivity index (χ1) is 13.2. The Balaban J connectivity index is 1.71. The highest BCUT2D eigenvalue weighted by Crippen LogP contribution is 2.34. The van der Waals surface area contributed by atoms with Crippen molar-refractivity contribution in [3.05, 3.63) is 58.7 Å². The van der Waals surface area contributed by atoms with Crippen LogP contribution in [0.3, 0.4) is 0 Å². The van der Waals surface area contributed by atoms with Crippen molar-refractivity contribution < 1.29 is 4.92 Å². The first-order valence-electron chi connectivity index (χ1n) is 8.75. The lowest BCUT2D eigenvalue weighted by Crippen LogP contribution is -2.43. The largest absolute Gasteiger partial charge is 0.364 e. The molecule has 0 radical (unpaired) electrons. The summed E-state index contributed by atoms with van der Waals surface area (Å²) in [5, 5.41) is 18.8. The van der Waals surface area contributed by atoms with Gasteiger partial charge in [-0.2, -0.15) is 0 Å². The number of aromatic nitrogens is 3. The second-order valence-corrected chi connectivity index (χ2v) is 6.25. The molecule has 0 unspecified atom stereocenters. The van der Waals surface area contributed by atoms with Crippen LogP contribution in [0.25, 0.3) is 10.9 Å². The van der Waals surface area contributed by atoms with Crippen LogP contribution in [0.4, 0.5) is 17.2 Å². The van der Waals surface area contributed by atoms with Gasteiger partial charge in [0.25, 0.3) is 5.69 Å². The maximum absolute atomic E-state index is 11.7. The van der Waals surface area contributed by atoms with Gasteiger partial charge in [0.05, 0.1) is 22.7 Å². The SMILES string of the molecule is O=[N+]([O-])c1cc2c(NCc3ccccn3)ncnc2cc1N1CCNCC1. The first kappa shape index (κ1) is 17.1. The predicted octanol–water partition coefficient (Wildman–Crippen LogP) is 1.95. The first-order valence-corrected chi connectivity index (χ1v) is 8.75. The monoisotopic (exact) mass is 365 g/mol. The lowest BCUT2D eigenvalue weighted by Gasteiger charge is -2.29. The third-order valence-electron chi connectivity index (χ3n) is 4.55. The molecule has 27 heavy (non-hydrogen) atoms. The van der Waals surface area contributed by atoms with Crippen LogP contribution < -0.4 is 15.5 Å². The van der Waals surface area contributed by atoms with E-state index in [4.69, 9.17) is 0 Å². The topological polar surface area (TPSA) is 109 Å². The van der Waals surface area contributed by atoms with E-state index in [0.29, 0.717) is 29.0 Å². The van der Waals surface area contributed by atoms with Gasteiger partial charge < -0.3 is 15.5 Å². The normalized spacial score (nSPS) is 14.3. The van der Waals surface area contributed by atoms with Crippen molar-refractivity contribution in [2.75, 3.05) is 36.4 Å². The number of nitro groups is 1. The molecular weight excluding hydrogens is 346 g/mol. The molecule has 0 bridgehead atoms. The van der Waals surface area contributed by atoms with Gasteiger partial charge in [0.15, 0.2) is 0 Å². The van der Waals surface area contributed by atoms with Gasteiger partial charge in [0.1, 0.15) is 17.8 Å². The number of nitrogens with zero attached hydrogens (tertiary/aromatic N) is 5. The number of piperazine rings is 1. The number of hydrogen-bond donors (Lipinski definition) is 2. The molecule has 1 aliphatic rings. The molecule has 138 valence electrons. The van der Waals surface area contributed by atoms with Crippen LogP contribution in [0.15, 0.2) is 42.9 Å². The van der Waals surface area contributed by atoms with E-state index in [-0.39, 0.29) is 10.6 Å². The minimum Gasteiger partial charge on any atom is -0.364 e. The van der Waals surface area contributed by atoms with Crippen molar-refractivity contribution in [3.63, 3.8) is 0 Å². The molecule has 2 aromatic heterocycles. The Morgan fingerprint density at radius 3 is 2.78 bits per heavy atom. The Morgan fingerprint density at radius 1 is 1.19 bits per heavy atom. The average molecular weight is 365 g/mol. The molecule has 3 heterocycles. The Bertz CT molecular complexity index is 959. The minimum absolute atomic E-state index is 0.0695. The highest BCUT2D eigenvalue weighted by molar-refractivity contribution is 5.94. The summed E-state index contributed by atoms with van der Waals surface area (Å²) in [6.07, 6.45) is 3.19. The van der Waals surface area contributed by atoms with Crippen molar-refractivity contribution in [2.24, 2.45) is 0 Å². The van der Waals surface area contributed by atoms with Crippen LogP contribution in [0.1, 0.15) is 5.69 Å². The smallest absolute Gasteiger partial charge is 0.293 e. The fraction of sp³-hybridized carbons (Fsp3) is 0.278. The van der Waals surface area contributed by atoms with E-state index in [2.05, 4.69) is 25.6 Å². The molecule has 3 aromatic rings. The number of nitro benzene ring substituents is 1. The number of benzene rings is 1. The minimum atomic E-state index is -0.341. The summed E-state index contributed by atoms with van der Waals surface area (Å²) in [4.78, 5) is 26.2. The quantitative estimate of drug-likeness (QED) is 0.522. The van der Waals surface area contributed by atoms with Gasteiger partial charge >= 0.3 is 0 Å². The van der Waals surface area contributed by atoms with E-state index in [1.807, 2.05) is 23.1 Å². The molecule has 0 saturated carbocycles. The second-order valence-electron chi connectivity index (χ2n) is 6.25. The third-order valence-corrected chi connectivity index (χ3v) is 4.55. The molecule has 2 N–H and O–H groups in total. The summed E-state index contributed by atoms with van der Waals surface area (Å²) in [6, 6.07) is 9.01. The van der Waals surface area contributed by atoms with E-state index in [1.165, 1.54) is 6.33 Å². The van der Waals surface area contributed by atoms with Crippen molar-refractivity contribution in [1.29, 1.82) is 0 Å². The molecular formula is C18H19N7O2. The van der Waals surface area contributed by atoms with Gasteiger partial charge in [-0.3, -0.25) is 15.1 Å². The van der Waals surface area contributed by atoms with E-state index >= 15 is 0 Å². The van der Waals surface area contributed by atoms with Crippen LogP contribution in [0, 0.1) is 10.1 Å². The summed E-state index contributed by atoms with van der Waals surface area (Å²) >= 11 is 0. The van der Waals surface area contributed by atoms with Gasteiger partial charge in [-0.25, -0.2) is 9.97 Å². The van der Waals surface area contributed by atoms with Gasteiger partial charge in [0.2, 0.25) is 0 Å². The zero-order valence-electron chi connectivity index (χ0n) is 14.6. The summed E-state index contributed by atoms with van der Waals surface area (Å²) in [7, 11) is 0. The standard InChI is InChI=1S/C18H19N7O2/c26-25(27)17-9-14-15(10-16(17)24-7-5-19-6-8-24)22-12-23-18(14)21-11-13-3-1-2-4-20-13/h1-4,9-10,12,19H,5-8,11H2,(H,21,22,23). The lowest BCUT2D eigenvalue weighted by molar-refractivity contribution is -0.384. The number of fused-ring (bicyclic) bond motifs is 1. The summed E-state index contributed by atoms with van der Waals surface area (Å²) in [6.45, 7) is 3.52. The van der Waals surface area contributed by atoms with E-state index in [9.17, 15) is 10.1 Å². The number of pyridine rings is 1. The third kappa shape index (κ3) is 3.63. The van der Waals surface area contributed by atoms with E-state index in [1.54, 1.807) is 18.3 Å². The lowest BCUT2D eigenvalue weighted by atomic mass is 10.1. The number of rotatable bonds is 5. The Kier molecular flexibility index (Phi) is 4.75. The van der Waals surface area contributed by atoms with Crippen LogP contribution in [-0.4, -0.2) is 46.1 Å². The zero-order chi connectivity index (χ0) is 18.6. The van der Waals surface area contributed by atoms with Gasteiger partial charge in [-0.15, -0.1) is 0 Å². The van der Waals surface area contributed by atoms with Gasteiger partial charge in [-0.1, -0.05) is 6.07 Å². The molecule has 1 saturated heterocycles. The Labute approximate surface area is 155 Å². The van der Waals surface area contributed by atoms with Gasteiger partial charge in [-0.05, 0) is 18.2 Å².